The fraction of sp³-hybridized carbons (Fsp3) is 0.308. The zero-order valence-corrected chi connectivity index (χ0v) is 12.1. The monoisotopic (exact) mass is 308 g/mol. The van der Waals surface area contributed by atoms with Crippen LogP contribution in [0.25, 0.3) is 0 Å². The molecule has 0 bridgehead atoms. The maximum Gasteiger partial charge on any atom is 0.327 e. The third-order valence-electron chi connectivity index (χ3n) is 2.84. The minimum atomic E-state index is -0.981. The lowest BCUT2D eigenvalue weighted by Crippen LogP contribution is -2.41. The summed E-state index contributed by atoms with van der Waals surface area (Å²) < 4.78 is 0. The molecule has 104 valence electrons. The first kappa shape index (κ1) is 14.8. The summed E-state index contributed by atoms with van der Waals surface area (Å²) in [5, 5.41) is 17.8. The van der Waals surface area contributed by atoms with Crippen molar-refractivity contribution in [3.05, 3.63) is 29.8 Å². The molecule has 0 spiro atoms. The van der Waals surface area contributed by atoms with Gasteiger partial charge in [-0.15, -0.1) is 23.5 Å². The van der Waals surface area contributed by atoms with Crippen LogP contribution in [-0.2, 0) is 4.79 Å². The number of thioether (sulfide) groups is 2. The molecule has 0 aromatic heterocycles. The maximum absolute atomic E-state index is 12.5. The molecule has 1 aromatic rings. The minimum absolute atomic E-state index is 0.251. The number of rotatable bonds is 4. The van der Waals surface area contributed by atoms with Crippen molar-refractivity contribution in [2.45, 2.75) is 10.9 Å². The number of amides is 1. The molecule has 1 aromatic carbocycles. The Morgan fingerprint density at radius 2 is 2.25 bits per heavy atom. The molecular formula is C13H12N2O3S2. The van der Waals surface area contributed by atoms with Crippen LogP contribution in [0.5, 0.6) is 0 Å². The molecule has 1 N–H and O–H groups in total. The number of carboxylic acids is 1. The number of nitrogens with zero attached hydrogens (tertiary/aromatic N) is 2. The van der Waals surface area contributed by atoms with Crippen LogP contribution in [0.4, 0.5) is 0 Å². The highest BCUT2D eigenvalue weighted by molar-refractivity contribution is 7.99. The van der Waals surface area contributed by atoms with E-state index in [2.05, 4.69) is 0 Å². The Labute approximate surface area is 124 Å². The van der Waals surface area contributed by atoms with Crippen molar-refractivity contribution >= 4 is 35.4 Å². The lowest BCUT2D eigenvalue weighted by molar-refractivity contribution is -0.140. The van der Waals surface area contributed by atoms with Gasteiger partial charge in [0.15, 0.2) is 0 Å². The van der Waals surface area contributed by atoms with Gasteiger partial charge >= 0.3 is 5.97 Å². The second-order valence-corrected chi connectivity index (χ2v) is 6.09. The van der Waals surface area contributed by atoms with E-state index in [1.807, 2.05) is 6.07 Å². The van der Waals surface area contributed by atoms with Crippen molar-refractivity contribution in [3.63, 3.8) is 0 Å². The highest BCUT2D eigenvalue weighted by Gasteiger charge is 2.35. The van der Waals surface area contributed by atoms with Crippen LogP contribution in [0.2, 0.25) is 0 Å². The number of hydrogen-bond acceptors (Lipinski definition) is 5. The first-order valence-corrected chi connectivity index (χ1v) is 7.99. The average Bonchev–Trinajstić information content (AvgIpc) is 2.94. The Hall–Kier alpha value is -1.65. The average molecular weight is 308 g/mol. The van der Waals surface area contributed by atoms with Crippen LogP contribution in [0.1, 0.15) is 10.4 Å². The van der Waals surface area contributed by atoms with Crippen LogP contribution in [0.15, 0.2) is 29.2 Å². The van der Waals surface area contributed by atoms with Gasteiger partial charge in [0.2, 0.25) is 0 Å². The van der Waals surface area contributed by atoms with Gasteiger partial charge in [-0.2, -0.15) is 5.26 Å². The summed E-state index contributed by atoms with van der Waals surface area (Å²) in [6.07, 6.45) is 0. The highest BCUT2D eigenvalue weighted by Crippen LogP contribution is 2.28. The summed E-state index contributed by atoms with van der Waals surface area (Å²) in [4.78, 5) is 25.7. The summed E-state index contributed by atoms with van der Waals surface area (Å²) >= 11 is 2.71. The third kappa shape index (κ3) is 3.08. The molecule has 0 unspecified atom stereocenters. The van der Waals surface area contributed by atoms with Crippen LogP contribution in [-0.4, -0.2) is 45.3 Å². The molecule has 7 heteroatoms. The predicted molar refractivity (Wildman–Crippen MR) is 77.7 cm³/mol. The van der Waals surface area contributed by atoms with Crippen molar-refractivity contribution in [1.82, 2.24) is 4.90 Å². The van der Waals surface area contributed by atoms with Crippen molar-refractivity contribution in [2.24, 2.45) is 0 Å². The van der Waals surface area contributed by atoms with Gasteiger partial charge < -0.3 is 10.0 Å². The molecule has 0 radical (unpaired) electrons. The van der Waals surface area contributed by atoms with Gasteiger partial charge in [0.1, 0.15) is 6.04 Å². The van der Waals surface area contributed by atoms with E-state index >= 15 is 0 Å². The summed E-state index contributed by atoms with van der Waals surface area (Å²) in [6.45, 7) is 0. The van der Waals surface area contributed by atoms with E-state index in [4.69, 9.17) is 10.4 Å². The molecule has 1 heterocycles. The number of carbonyl (C=O) groups is 2. The van der Waals surface area contributed by atoms with Crippen molar-refractivity contribution in [3.8, 4) is 6.07 Å². The molecule has 2 rings (SSSR count). The van der Waals surface area contributed by atoms with E-state index in [-0.39, 0.29) is 11.7 Å². The number of carbonyl (C=O) groups excluding carboxylic acids is 1. The smallest absolute Gasteiger partial charge is 0.327 e. The van der Waals surface area contributed by atoms with Crippen LogP contribution >= 0.6 is 23.5 Å². The van der Waals surface area contributed by atoms with Crippen molar-refractivity contribution < 1.29 is 14.7 Å². The van der Waals surface area contributed by atoms with Crippen LogP contribution < -0.4 is 0 Å². The molecule has 1 fully saturated rings. The number of nitriles is 1. The fourth-order valence-corrected chi connectivity index (χ4v) is 3.73. The van der Waals surface area contributed by atoms with E-state index in [9.17, 15) is 9.59 Å². The minimum Gasteiger partial charge on any atom is -0.480 e. The predicted octanol–water partition coefficient (Wildman–Crippen LogP) is 1.90. The topological polar surface area (TPSA) is 81.4 Å². The standard InChI is InChI=1S/C13H12N2O3S2/c14-5-6-20-11-4-2-1-3-9(11)12(16)15-8-19-7-10(15)13(17)18/h1-4,10H,6-8H2,(H,17,18)/t10-/m0/s1. The summed E-state index contributed by atoms with van der Waals surface area (Å²) in [5.74, 6) is -0.225. The number of carboxylic acid groups (broad SMARTS) is 1. The third-order valence-corrected chi connectivity index (χ3v) is 4.79. The van der Waals surface area contributed by atoms with Gasteiger partial charge in [-0.25, -0.2) is 4.79 Å². The Balaban J connectivity index is 2.25. The highest BCUT2D eigenvalue weighted by atomic mass is 32.2. The zero-order chi connectivity index (χ0) is 14.5. The van der Waals surface area contributed by atoms with Crippen LogP contribution in [0.3, 0.4) is 0 Å². The van der Waals surface area contributed by atoms with Gasteiger partial charge in [0.05, 0.1) is 23.3 Å². The second kappa shape index (κ2) is 6.68. The zero-order valence-electron chi connectivity index (χ0n) is 10.5. The maximum atomic E-state index is 12.5. The Morgan fingerprint density at radius 3 is 2.95 bits per heavy atom. The van der Waals surface area contributed by atoms with E-state index < -0.39 is 12.0 Å². The molecule has 1 aliphatic heterocycles. The molecule has 1 saturated heterocycles. The molecular weight excluding hydrogens is 296 g/mol. The van der Waals surface area contributed by atoms with Gasteiger partial charge in [0.25, 0.3) is 5.91 Å². The second-order valence-electron chi connectivity index (χ2n) is 4.07. The SMILES string of the molecule is N#CCSc1ccccc1C(=O)N1CSC[C@H]1C(=O)O. The number of hydrogen-bond donors (Lipinski definition) is 1. The molecule has 1 amide bonds. The lowest BCUT2D eigenvalue weighted by atomic mass is 10.2. The fourth-order valence-electron chi connectivity index (χ4n) is 1.88. The normalized spacial score (nSPS) is 17.8. The molecule has 1 atom stereocenters. The van der Waals surface area contributed by atoms with Crippen LogP contribution in [0, 0.1) is 11.3 Å². The Morgan fingerprint density at radius 1 is 1.50 bits per heavy atom. The Bertz CT molecular complexity index is 571. The van der Waals surface area contributed by atoms with E-state index in [1.165, 1.54) is 28.4 Å². The van der Waals surface area contributed by atoms with Crippen molar-refractivity contribution in [1.29, 1.82) is 5.26 Å². The molecule has 20 heavy (non-hydrogen) atoms. The molecule has 0 aliphatic carbocycles. The van der Waals surface area contributed by atoms with Crippen molar-refractivity contribution in [2.75, 3.05) is 17.4 Å². The first-order valence-electron chi connectivity index (χ1n) is 5.85. The Kier molecular flexibility index (Phi) is 4.93. The molecule has 0 saturated carbocycles. The van der Waals surface area contributed by atoms with Gasteiger partial charge in [-0.05, 0) is 12.1 Å². The molecule has 5 nitrogen and oxygen atoms in total. The molecule has 1 aliphatic rings. The van der Waals surface area contributed by atoms with E-state index in [1.54, 1.807) is 24.3 Å². The summed E-state index contributed by atoms with van der Waals surface area (Å²) in [6, 6.07) is 8.22. The summed E-state index contributed by atoms with van der Waals surface area (Å²) in [5.41, 5.74) is 0.460. The lowest BCUT2D eigenvalue weighted by Gasteiger charge is -2.21. The number of benzene rings is 1. The van der Waals surface area contributed by atoms with E-state index in [0.717, 1.165) is 0 Å². The van der Waals surface area contributed by atoms with Gasteiger partial charge in [-0.3, -0.25) is 4.79 Å². The summed E-state index contributed by atoms with van der Waals surface area (Å²) in [7, 11) is 0. The van der Waals surface area contributed by atoms with E-state index in [0.29, 0.717) is 22.1 Å². The quantitative estimate of drug-likeness (QED) is 0.856. The largest absolute Gasteiger partial charge is 0.480 e. The first-order chi connectivity index (χ1) is 9.65. The van der Waals surface area contributed by atoms with Gasteiger partial charge in [-0.1, -0.05) is 12.1 Å². The van der Waals surface area contributed by atoms with Gasteiger partial charge in [0, 0.05) is 10.6 Å². The number of aliphatic carboxylic acids is 1.